The Morgan fingerprint density at radius 1 is 1.14 bits per heavy atom. The SMILES string of the molecule is CNCCC(=O)N1CCCN(C(=O)c2cccc(C)c2)CC1. The normalized spacial score (nSPS) is 15.5. The highest BCUT2D eigenvalue weighted by atomic mass is 16.2. The fourth-order valence-corrected chi connectivity index (χ4v) is 2.72. The van der Waals surface area contributed by atoms with E-state index in [1.165, 1.54) is 0 Å². The second kappa shape index (κ2) is 7.94. The van der Waals surface area contributed by atoms with Crippen molar-refractivity contribution in [3.05, 3.63) is 35.4 Å². The Hall–Kier alpha value is -1.88. The molecule has 1 aromatic carbocycles. The Balaban J connectivity index is 1.95. The van der Waals surface area contributed by atoms with Crippen molar-refractivity contribution in [2.45, 2.75) is 19.8 Å². The average Bonchev–Trinajstić information content (AvgIpc) is 2.78. The van der Waals surface area contributed by atoms with E-state index in [0.29, 0.717) is 32.6 Å². The van der Waals surface area contributed by atoms with Gasteiger partial charge in [0.05, 0.1) is 0 Å². The zero-order valence-corrected chi connectivity index (χ0v) is 13.5. The Morgan fingerprint density at radius 2 is 1.86 bits per heavy atom. The molecule has 1 heterocycles. The number of amides is 2. The maximum Gasteiger partial charge on any atom is 0.253 e. The lowest BCUT2D eigenvalue weighted by atomic mass is 10.1. The second-order valence-electron chi connectivity index (χ2n) is 5.75. The maximum atomic E-state index is 12.6. The first-order valence-electron chi connectivity index (χ1n) is 7.90. The molecule has 5 nitrogen and oxygen atoms in total. The minimum absolute atomic E-state index is 0.0632. The number of nitrogens with one attached hydrogen (secondary N) is 1. The van der Waals surface area contributed by atoms with Gasteiger partial charge >= 0.3 is 0 Å². The van der Waals surface area contributed by atoms with Crippen LogP contribution in [0.1, 0.15) is 28.8 Å². The molecule has 22 heavy (non-hydrogen) atoms. The first-order chi connectivity index (χ1) is 10.6. The Morgan fingerprint density at radius 3 is 2.59 bits per heavy atom. The summed E-state index contributed by atoms with van der Waals surface area (Å²) in [7, 11) is 1.85. The van der Waals surface area contributed by atoms with E-state index >= 15 is 0 Å². The molecule has 0 unspecified atom stereocenters. The highest BCUT2D eigenvalue weighted by molar-refractivity contribution is 5.94. The molecule has 1 N–H and O–H groups in total. The zero-order chi connectivity index (χ0) is 15.9. The molecule has 0 aromatic heterocycles. The number of aryl methyl sites for hydroxylation is 1. The lowest BCUT2D eigenvalue weighted by Crippen LogP contribution is -2.38. The molecular formula is C17H25N3O2. The fourth-order valence-electron chi connectivity index (χ4n) is 2.72. The molecule has 0 radical (unpaired) electrons. The van der Waals surface area contributed by atoms with Crippen LogP contribution in [0.3, 0.4) is 0 Å². The van der Waals surface area contributed by atoms with Crippen LogP contribution in [-0.2, 0) is 4.79 Å². The standard InChI is InChI=1S/C17H25N3O2/c1-14-5-3-6-15(13-14)17(22)20-10-4-9-19(11-12-20)16(21)7-8-18-2/h3,5-6,13,18H,4,7-12H2,1-2H3. The number of rotatable bonds is 4. The van der Waals surface area contributed by atoms with E-state index in [4.69, 9.17) is 0 Å². The Bertz CT molecular complexity index is 530. The second-order valence-corrected chi connectivity index (χ2v) is 5.75. The summed E-state index contributed by atoms with van der Waals surface area (Å²) in [6, 6.07) is 7.68. The lowest BCUT2D eigenvalue weighted by molar-refractivity contribution is -0.130. The smallest absolute Gasteiger partial charge is 0.253 e. The van der Waals surface area contributed by atoms with Gasteiger partial charge < -0.3 is 15.1 Å². The number of hydrogen-bond acceptors (Lipinski definition) is 3. The van der Waals surface area contributed by atoms with Crippen LogP contribution in [0.2, 0.25) is 0 Å². The molecule has 2 rings (SSSR count). The highest BCUT2D eigenvalue weighted by Crippen LogP contribution is 2.11. The summed E-state index contributed by atoms with van der Waals surface area (Å²) in [5.74, 6) is 0.229. The molecule has 1 aliphatic rings. The van der Waals surface area contributed by atoms with E-state index in [9.17, 15) is 9.59 Å². The van der Waals surface area contributed by atoms with Gasteiger partial charge in [-0.1, -0.05) is 17.7 Å². The van der Waals surface area contributed by atoms with Crippen LogP contribution in [-0.4, -0.2) is 61.4 Å². The maximum absolute atomic E-state index is 12.6. The van der Waals surface area contributed by atoms with Gasteiger partial charge in [-0.05, 0) is 32.5 Å². The molecule has 0 saturated carbocycles. The molecule has 0 spiro atoms. The van der Waals surface area contributed by atoms with Gasteiger partial charge in [-0.25, -0.2) is 0 Å². The van der Waals surface area contributed by atoms with Crippen LogP contribution in [0.4, 0.5) is 0 Å². The van der Waals surface area contributed by atoms with Crippen LogP contribution in [0, 0.1) is 6.92 Å². The molecule has 120 valence electrons. The van der Waals surface area contributed by atoms with E-state index in [1.807, 2.05) is 48.0 Å². The van der Waals surface area contributed by atoms with Crippen molar-refractivity contribution in [1.82, 2.24) is 15.1 Å². The van der Waals surface area contributed by atoms with E-state index in [2.05, 4.69) is 5.32 Å². The highest BCUT2D eigenvalue weighted by Gasteiger charge is 2.22. The number of benzene rings is 1. The van der Waals surface area contributed by atoms with Crippen LogP contribution < -0.4 is 5.32 Å². The predicted octanol–water partition coefficient (Wildman–Crippen LogP) is 1.28. The molecule has 0 atom stereocenters. The zero-order valence-electron chi connectivity index (χ0n) is 13.5. The third-order valence-electron chi connectivity index (χ3n) is 3.99. The summed E-state index contributed by atoms with van der Waals surface area (Å²) in [4.78, 5) is 28.4. The molecule has 0 aliphatic carbocycles. The fraction of sp³-hybridized carbons (Fsp3) is 0.529. The van der Waals surface area contributed by atoms with Crippen molar-refractivity contribution >= 4 is 11.8 Å². The van der Waals surface area contributed by atoms with Crippen molar-refractivity contribution in [2.24, 2.45) is 0 Å². The van der Waals surface area contributed by atoms with E-state index < -0.39 is 0 Å². The number of nitrogens with zero attached hydrogens (tertiary/aromatic N) is 2. The van der Waals surface area contributed by atoms with Gasteiger partial charge in [0.25, 0.3) is 5.91 Å². The number of carbonyl (C=O) groups excluding carboxylic acids is 2. The van der Waals surface area contributed by atoms with Crippen molar-refractivity contribution in [1.29, 1.82) is 0 Å². The van der Waals surface area contributed by atoms with Crippen LogP contribution in [0.15, 0.2) is 24.3 Å². The molecule has 1 aliphatic heterocycles. The van der Waals surface area contributed by atoms with Crippen molar-refractivity contribution in [3.63, 3.8) is 0 Å². The topological polar surface area (TPSA) is 52.7 Å². The quantitative estimate of drug-likeness (QED) is 0.911. The third-order valence-corrected chi connectivity index (χ3v) is 3.99. The van der Waals surface area contributed by atoms with Crippen LogP contribution in [0.5, 0.6) is 0 Å². The van der Waals surface area contributed by atoms with E-state index in [-0.39, 0.29) is 11.8 Å². The van der Waals surface area contributed by atoms with E-state index in [1.54, 1.807) is 0 Å². The van der Waals surface area contributed by atoms with Crippen LogP contribution >= 0.6 is 0 Å². The minimum Gasteiger partial charge on any atom is -0.341 e. The van der Waals surface area contributed by atoms with E-state index in [0.717, 1.165) is 24.1 Å². The molecule has 1 aromatic rings. The molecule has 1 fully saturated rings. The predicted molar refractivity (Wildman–Crippen MR) is 86.8 cm³/mol. The van der Waals surface area contributed by atoms with Gasteiger partial charge in [-0.3, -0.25) is 9.59 Å². The molecule has 1 saturated heterocycles. The largest absolute Gasteiger partial charge is 0.341 e. The average molecular weight is 303 g/mol. The lowest BCUT2D eigenvalue weighted by Gasteiger charge is -2.22. The Labute approximate surface area is 132 Å². The van der Waals surface area contributed by atoms with Gasteiger partial charge in [0, 0.05) is 44.7 Å². The van der Waals surface area contributed by atoms with Gasteiger partial charge in [-0.2, -0.15) is 0 Å². The summed E-state index contributed by atoms with van der Waals surface area (Å²) in [5, 5.41) is 3.00. The summed E-state index contributed by atoms with van der Waals surface area (Å²) in [6.07, 6.45) is 1.35. The third kappa shape index (κ3) is 4.31. The molecule has 0 bridgehead atoms. The van der Waals surface area contributed by atoms with Crippen molar-refractivity contribution in [3.8, 4) is 0 Å². The monoisotopic (exact) mass is 303 g/mol. The minimum atomic E-state index is 0.0632. The van der Waals surface area contributed by atoms with Gasteiger partial charge in [-0.15, -0.1) is 0 Å². The molecule has 2 amide bonds. The van der Waals surface area contributed by atoms with Crippen molar-refractivity contribution < 1.29 is 9.59 Å². The van der Waals surface area contributed by atoms with Crippen molar-refractivity contribution in [2.75, 3.05) is 39.8 Å². The number of hydrogen-bond donors (Lipinski definition) is 1. The summed E-state index contributed by atoms with van der Waals surface area (Å²) < 4.78 is 0. The molecular weight excluding hydrogens is 278 g/mol. The molecule has 5 heteroatoms. The first-order valence-corrected chi connectivity index (χ1v) is 7.90. The van der Waals surface area contributed by atoms with Crippen LogP contribution in [0.25, 0.3) is 0 Å². The van der Waals surface area contributed by atoms with Gasteiger partial charge in [0.2, 0.25) is 5.91 Å². The number of carbonyl (C=O) groups is 2. The van der Waals surface area contributed by atoms with Gasteiger partial charge in [0.1, 0.15) is 0 Å². The summed E-state index contributed by atoms with van der Waals surface area (Å²) in [5.41, 5.74) is 1.82. The summed E-state index contributed by atoms with van der Waals surface area (Å²) in [6.45, 7) is 5.36. The first kappa shape index (κ1) is 16.5. The Kier molecular flexibility index (Phi) is 5.95. The summed E-state index contributed by atoms with van der Waals surface area (Å²) >= 11 is 0. The van der Waals surface area contributed by atoms with Gasteiger partial charge in [0.15, 0.2) is 0 Å².